The van der Waals surface area contributed by atoms with Crippen LogP contribution >= 0.6 is 0 Å². The molecule has 0 aromatic heterocycles. The van der Waals surface area contributed by atoms with Gasteiger partial charge in [-0.15, -0.1) is 0 Å². The molecule has 5 aromatic carbocycles. The predicted molar refractivity (Wildman–Crippen MR) is 172 cm³/mol. The van der Waals surface area contributed by atoms with Crippen LogP contribution in [-0.4, -0.2) is 9.52 Å². The average molecular weight is 529 g/mol. The zero-order chi connectivity index (χ0) is 27.1. The monoisotopic (exact) mass is 528 g/mol. The van der Waals surface area contributed by atoms with Gasteiger partial charge < -0.3 is 0 Å². The Labute approximate surface area is 240 Å². The van der Waals surface area contributed by atoms with Crippen LogP contribution in [0, 0.1) is 0 Å². The van der Waals surface area contributed by atoms with Crippen molar-refractivity contribution in [1.29, 1.82) is 0 Å². The largest absolute Gasteiger partial charge is 0.0817 e. The van der Waals surface area contributed by atoms with Crippen molar-refractivity contribution in [2.45, 2.75) is 31.7 Å². The van der Waals surface area contributed by atoms with Gasteiger partial charge in [0.2, 0.25) is 0 Å². The molecule has 0 N–H and O–H groups in total. The maximum atomic E-state index is 2.42. The Kier molecular flexibility index (Phi) is 6.46. The van der Waals surface area contributed by atoms with E-state index in [0.717, 1.165) is 9.52 Å². The summed E-state index contributed by atoms with van der Waals surface area (Å²) < 4.78 is 0. The Morgan fingerprint density at radius 3 is 1.70 bits per heavy atom. The molecule has 5 aromatic rings. The molecule has 0 amide bonds. The molecule has 40 heavy (non-hydrogen) atoms. The summed E-state index contributed by atoms with van der Waals surface area (Å²) in [5, 5.41) is 1.45. The van der Waals surface area contributed by atoms with Crippen molar-refractivity contribution in [3.05, 3.63) is 160 Å². The molecule has 7 rings (SSSR count). The fourth-order valence-corrected chi connectivity index (χ4v) is 8.02. The minimum absolute atomic E-state index is 0.333. The zero-order valence-corrected chi connectivity index (χ0v) is 24.1. The normalized spacial score (nSPS) is 17.2. The van der Waals surface area contributed by atoms with E-state index in [-0.39, 0.29) is 0 Å². The summed E-state index contributed by atoms with van der Waals surface area (Å²) in [4.78, 5) is 0. The Bertz CT molecular complexity index is 1740. The van der Waals surface area contributed by atoms with E-state index in [9.17, 15) is 0 Å². The first-order valence-corrected chi connectivity index (χ1v) is 15.4. The number of hydrogen-bond acceptors (Lipinski definition) is 0. The summed E-state index contributed by atoms with van der Waals surface area (Å²) in [6.45, 7) is 4.59. The van der Waals surface area contributed by atoms with Crippen molar-refractivity contribution in [2.75, 3.05) is 0 Å². The van der Waals surface area contributed by atoms with E-state index < -0.39 is 0 Å². The third kappa shape index (κ3) is 4.41. The van der Waals surface area contributed by atoms with Gasteiger partial charge >= 0.3 is 0 Å². The fourth-order valence-electron chi connectivity index (χ4n) is 6.64. The van der Waals surface area contributed by atoms with Crippen LogP contribution < -0.4 is 5.19 Å². The molecule has 2 aliphatic rings. The van der Waals surface area contributed by atoms with E-state index in [1.54, 1.807) is 0 Å². The minimum atomic E-state index is 0.333. The van der Waals surface area contributed by atoms with E-state index >= 15 is 0 Å². The van der Waals surface area contributed by atoms with Crippen LogP contribution in [0.25, 0.3) is 34.4 Å². The zero-order valence-electron chi connectivity index (χ0n) is 23.1. The van der Waals surface area contributed by atoms with Crippen LogP contribution in [0.15, 0.2) is 132 Å². The Balaban J connectivity index is 1.10. The SMILES string of the molecule is CC1=Cc2c(-c3ccccc3)cccc2C1C[Si]c1ccc(C2C(C)=Cc3c(-c4ccccc4)cccc32)cc1. The van der Waals surface area contributed by atoms with Gasteiger partial charge in [-0.3, -0.25) is 0 Å². The highest BCUT2D eigenvalue weighted by molar-refractivity contribution is 6.53. The van der Waals surface area contributed by atoms with Gasteiger partial charge in [0, 0.05) is 11.8 Å². The number of allylic oxidation sites excluding steroid dienone is 2. The summed E-state index contributed by atoms with van der Waals surface area (Å²) in [7, 11) is 0.787. The number of benzene rings is 5. The third-order valence-corrected chi connectivity index (χ3v) is 9.99. The Morgan fingerprint density at radius 1 is 0.525 bits per heavy atom. The molecular formula is C39H32Si. The summed E-state index contributed by atoms with van der Waals surface area (Å²) >= 11 is 0. The fraction of sp³-hybridized carbons (Fsp3) is 0.128. The van der Waals surface area contributed by atoms with Gasteiger partial charge in [0.1, 0.15) is 0 Å². The summed E-state index contributed by atoms with van der Waals surface area (Å²) in [5.41, 5.74) is 15.3. The standard InChI is InChI=1S/C39H32Si/c1-26-23-36-32(28-11-5-3-6-12-28)15-9-17-34(36)38(26)25-40-31-21-19-30(20-22-31)39-27(2)24-37-33(16-10-18-35(37)39)29-13-7-4-8-14-29/h3-24,38-39H,25H2,1-2H3. The van der Waals surface area contributed by atoms with E-state index in [4.69, 9.17) is 0 Å². The van der Waals surface area contributed by atoms with Crippen LogP contribution in [0.1, 0.15) is 53.5 Å². The van der Waals surface area contributed by atoms with Gasteiger partial charge in [0.25, 0.3) is 0 Å². The van der Waals surface area contributed by atoms with Crippen molar-refractivity contribution in [3.63, 3.8) is 0 Å². The molecule has 2 atom stereocenters. The molecule has 0 heterocycles. The van der Waals surface area contributed by atoms with E-state index in [0.29, 0.717) is 11.8 Å². The second kappa shape index (κ2) is 10.4. The van der Waals surface area contributed by atoms with Crippen molar-refractivity contribution >= 4 is 26.9 Å². The summed E-state index contributed by atoms with van der Waals surface area (Å²) in [6.07, 6.45) is 4.82. The molecule has 192 valence electrons. The molecule has 0 aliphatic heterocycles. The molecule has 0 bridgehead atoms. The summed E-state index contributed by atoms with van der Waals surface area (Å²) in [5.74, 6) is 0.833. The third-order valence-electron chi connectivity index (χ3n) is 8.64. The molecular weight excluding hydrogens is 497 g/mol. The highest BCUT2D eigenvalue weighted by atomic mass is 28.2. The maximum absolute atomic E-state index is 2.42. The van der Waals surface area contributed by atoms with E-state index in [1.165, 1.54) is 72.4 Å². The summed E-state index contributed by atoms with van der Waals surface area (Å²) in [6, 6.07) is 45.8. The van der Waals surface area contributed by atoms with Gasteiger partial charge in [-0.05, 0) is 70.0 Å². The van der Waals surface area contributed by atoms with Crippen molar-refractivity contribution in [3.8, 4) is 22.3 Å². The second-order valence-corrected chi connectivity index (χ2v) is 12.5. The lowest BCUT2D eigenvalue weighted by Gasteiger charge is -2.18. The minimum Gasteiger partial charge on any atom is -0.0655 e. The molecule has 0 spiro atoms. The lowest BCUT2D eigenvalue weighted by Crippen LogP contribution is -2.17. The van der Waals surface area contributed by atoms with Crippen molar-refractivity contribution in [2.24, 2.45) is 0 Å². The Morgan fingerprint density at radius 2 is 1.07 bits per heavy atom. The quantitative estimate of drug-likeness (QED) is 0.193. The van der Waals surface area contributed by atoms with Crippen molar-refractivity contribution in [1.82, 2.24) is 0 Å². The maximum Gasteiger partial charge on any atom is 0.0817 e. The van der Waals surface area contributed by atoms with Crippen molar-refractivity contribution < 1.29 is 0 Å². The van der Waals surface area contributed by atoms with Crippen LogP contribution in [0.2, 0.25) is 6.04 Å². The molecule has 0 fully saturated rings. The Hall–Kier alpha value is -4.20. The van der Waals surface area contributed by atoms with Gasteiger partial charge in [-0.25, -0.2) is 0 Å². The van der Waals surface area contributed by atoms with Gasteiger partial charge in [-0.2, -0.15) is 0 Å². The second-order valence-electron chi connectivity index (χ2n) is 11.1. The average Bonchev–Trinajstić information content (AvgIpc) is 3.52. The lowest BCUT2D eigenvalue weighted by molar-refractivity contribution is 0.915. The molecule has 0 nitrogen and oxygen atoms in total. The first kappa shape index (κ1) is 24.8. The molecule has 2 unspecified atom stereocenters. The highest BCUT2D eigenvalue weighted by Crippen LogP contribution is 2.45. The molecule has 2 aliphatic carbocycles. The van der Waals surface area contributed by atoms with E-state index in [1.807, 2.05) is 0 Å². The number of hydrogen-bond donors (Lipinski definition) is 0. The van der Waals surface area contributed by atoms with Crippen LogP contribution in [-0.2, 0) is 0 Å². The van der Waals surface area contributed by atoms with Crippen LogP contribution in [0.3, 0.4) is 0 Å². The molecule has 1 heteroatoms. The van der Waals surface area contributed by atoms with Gasteiger partial charge in [-0.1, -0.05) is 150 Å². The lowest BCUT2D eigenvalue weighted by atomic mass is 9.87. The first-order valence-electron chi connectivity index (χ1n) is 14.2. The van der Waals surface area contributed by atoms with E-state index in [2.05, 4.69) is 147 Å². The molecule has 2 radical (unpaired) electrons. The highest BCUT2D eigenvalue weighted by Gasteiger charge is 2.27. The van der Waals surface area contributed by atoms with Gasteiger partial charge in [0.15, 0.2) is 0 Å². The number of rotatable bonds is 6. The number of fused-ring (bicyclic) bond motifs is 2. The molecule has 0 saturated heterocycles. The first-order chi connectivity index (χ1) is 19.7. The van der Waals surface area contributed by atoms with Gasteiger partial charge in [0.05, 0.1) is 9.52 Å². The topological polar surface area (TPSA) is 0 Å². The smallest absolute Gasteiger partial charge is 0.0655 e. The van der Waals surface area contributed by atoms with Crippen LogP contribution in [0.5, 0.6) is 0 Å². The molecule has 0 saturated carbocycles. The van der Waals surface area contributed by atoms with Crippen LogP contribution in [0.4, 0.5) is 0 Å². The predicted octanol–water partition coefficient (Wildman–Crippen LogP) is 9.52.